The molecule has 4 aliphatic carbocycles. The van der Waals surface area contributed by atoms with E-state index in [1.807, 2.05) is 0 Å². The number of carbonyl (C=O) groups is 3. The average molecular weight is 402 g/mol. The number of fused-ring (bicyclic) bond motifs is 5. The van der Waals surface area contributed by atoms with Gasteiger partial charge in [0.2, 0.25) is 5.91 Å². The monoisotopic (exact) mass is 401 g/mol. The molecule has 0 aliphatic heterocycles. The van der Waals surface area contributed by atoms with Crippen molar-refractivity contribution >= 4 is 17.7 Å². The van der Waals surface area contributed by atoms with E-state index in [4.69, 9.17) is 10.5 Å². The minimum absolute atomic E-state index is 0.00467. The van der Waals surface area contributed by atoms with Crippen LogP contribution in [0, 0.1) is 40.4 Å². The van der Waals surface area contributed by atoms with E-state index >= 15 is 0 Å². The Morgan fingerprint density at radius 2 is 1.83 bits per heavy atom. The standard InChI is InChI=1S/C24H35NO4/c1-13(26)21-18(22(25)28)12-20-17-6-5-15-11-16(29-14(2)27)7-9-23(15,3)19(17)8-10-24(20,21)4/h5,16-21H,6-12H2,1-4H3,(H2,25,28)/t16-,17-,18+,19+,20+,21+,23+,24+/m1/s1. The summed E-state index contributed by atoms with van der Waals surface area (Å²) in [6.07, 6.45) is 9.04. The number of amides is 1. The van der Waals surface area contributed by atoms with Crippen LogP contribution in [0.5, 0.6) is 0 Å². The molecule has 0 unspecified atom stereocenters. The molecule has 0 aromatic rings. The fraction of sp³-hybridized carbons (Fsp3) is 0.792. The zero-order chi connectivity index (χ0) is 21.1. The van der Waals surface area contributed by atoms with Gasteiger partial charge in [-0.2, -0.15) is 0 Å². The van der Waals surface area contributed by atoms with Gasteiger partial charge >= 0.3 is 5.97 Å². The van der Waals surface area contributed by atoms with Crippen molar-refractivity contribution in [2.75, 3.05) is 0 Å². The quantitative estimate of drug-likeness (QED) is 0.576. The van der Waals surface area contributed by atoms with Crippen molar-refractivity contribution in [2.24, 2.45) is 46.2 Å². The smallest absolute Gasteiger partial charge is 0.302 e. The third kappa shape index (κ3) is 3.07. The van der Waals surface area contributed by atoms with E-state index in [2.05, 4.69) is 19.9 Å². The molecule has 0 aromatic heterocycles. The normalized spacial score (nSPS) is 46.0. The number of Topliss-reactive ketones (excluding diaryl/α,β-unsaturated/α-hetero) is 1. The first-order chi connectivity index (χ1) is 13.6. The van der Waals surface area contributed by atoms with E-state index < -0.39 is 0 Å². The molecule has 0 radical (unpaired) electrons. The Morgan fingerprint density at radius 3 is 2.45 bits per heavy atom. The third-order valence-corrected chi connectivity index (χ3v) is 9.25. The van der Waals surface area contributed by atoms with Gasteiger partial charge in [-0.05, 0) is 74.0 Å². The molecule has 0 aromatic carbocycles. The predicted molar refractivity (Wildman–Crippen MR) is 109 cm³/mol. The fourth-order valence-corrected chi connectivity index (χ4v) is 8.04. The van der Waals surface area contributed by atoms with Crippen LogP contribution in [0.4, 0.5) is 0 Å². The molecule has 5 nitrogen and oxygen atoms in total. The highest BCUT2D eigenvalue weighted by molar-refractivity contribution is 5.88. The van der Waals surface area contributed by atoms with Gasteiger partial charge in [0.1, 0.15) is 11.9 Å². The van der Waals surface area contributed by atoms with E-state index in [0.717, 1.165) is 44.9 Å². The van der Waals surface area contributed by atoms with Crippen molar-refractivity contribution < 1.29 is 19.1 Å². The Hall–Kier alpha value is -1.65. The summed E-state index contributed by atoms with van der Waals surface area (Å²) < 4.78 is 5.52. The predicted octanol–water partition coefficient (Wildman–Crippen LogP) is 3.80. The summed E-state index contributed by atoms with van der Waals surface area (Å²) >= 11 is 0. The molecule has 5 heteroatoms. The molecular formula is C24H35NO4. The topological polar surface area (TPSA) is 86.5 Å². The van der Waals surface area contributed by atoms with E-state index in [1.54, 1.807) is 6.92 Å². The summed E-state index contributed by atoms with van der Waals surface area (Å²) in [5.41, 5.74) is 7.22. The van der Waals surface area contributed by atoms with Crippen LogP contribution in [0.1, 0.15) is 72.6 Å². The second kappa shape index (κ2) is 6.95. The van der Waals surface area contributed by atoms with Crippen LogP contribution in [0.15, 0.2) is 11.6 Å². The van der Waals surface area contributed by atoms with Gasteiger partial charge < -0.3 is 10.5 Å². The Morgan fingerprint density at radius 1 is 1.10 bits per heavy atom. The highest BCUT2D eigenvalue weighted by Gasteiger charge is 2.63. The lowest BCUT2D eigenvalue weighted by Gasteiger charge is -2.58. The molecule has 2 N–H and O–H groups in total. The van der Waals surface area contributed by atoms with E-state index in [1.165, 1.54) is 12.5 Å². The Kier molecular flexibility index (Phi) is 4.94. The second-order valence-corrected chi connectivity index (χ2v) is 10.6. The van der Waals surface area contributed by atoms with Gasteiger partial charge in [-0.15, -0.1) is 0 Å². The van der Waals surface area contributed by atoms with Gasteiger partial charge in [0.25, 0.3) is 0 Å². The number of nitrogens with two attached hydrogens (primary N) is 1. The molecule has 0 heterocycles. The summed E-state index contributed by atoms with van der Waals surface area (Å²) in [4.78, 5) is 36.1. The summed E-state index contributed by atoms with van der Waals surface area (Å²) in [5.74, 6) is 0.503. The molecule has 160 valence electrons. The molecule has 0 bridgehead atoms. The van der Waals surface area contributed by atoms with Crippen molar-refractivity contribution in [3.63, 3.8) is 0 Å². The maximum Gasteiger partial charge on any atom is 0.302 e. The lowest BCUT2D eigenvalue weighted by atomic mass is 9.47. The Labute approximate surface area is 173 Å². The summed E-state index contributed by atoms with van der Waals surface area (Å²) in [7, 11) is 0. The number of ketones is 1. The first-order valence-corrected chi connectivity index (χ1v) is 11.2. The molecular weight excluding hydrogens is 366 g/mol. The van der Waals surface area contributed by atoms with Crippen LogP contribution in [0.3, 0.4) is 0 Å². The third-order valence-electron chi connectivity index (χ3n) is 9.25. The minimum Gasteiger partial charge on any atom is -0.462 e. The largest absolute Gasteiger partial charge is 0.462 e. The first kappa shape index (κ1) is 20.6. The SMILES string of the molecule is CC(=O)O[C@@H]1CC[C@@]2(C)C(=CC[C@H]3[C@@H]4C[C@H](C(N)=O)[C@H](C(C)=O)[C@@]4(C)CC[C@@H]32)C1. The number of hydrogen-bond acceptors (Lipinski definition) is 4. The maximum absolute atomic E-state index is 12.5. The number of rotatable bonds is 3. The zero-order valence-electron chi connectivity index (χ0n) is 18.2. The van der Waals surface area contributed by atoms with Crippen molar-refractivity contribution in [1.82, 2.24) is 0 Å². The minimum atomic E-state index is -0.320. The lowest BCUT2D eigenvalue weighted by Crippen LogP contribution is -2.51. The van der Waals surface area contributed by atoms with Gasteiger partial charge in [0.05, 0.1) is 0 Å². The molecule has 4 rings (SSSR count). The van der Waals surface area contributed by atoms with Crippen molar-refractivity contribution in [2.45, 2.75) is 78.7 Å². The molecule has 3 saturated carbocycles. The van der Waals surface area contributed by atoms with E-state index in [-0.39, 0.29) is 46.4 Å². The van der Waals surface area contributed by atoms with Crippen LogP contribution in [0.25, 0.3) is 0 Å². The lowest BCUT2D eigenvalue weighted by molar-refractivity contribution is -0.149. The Balaban J connectivity index is 1.63. The van der Waals surface area contributed by atoms with Crippen LogP contribution in [-0.4, -0.2) is 23.8 Å². The van der Waals surface area contributed by atoms with Crippen LogP contribution < -0.4 is 5.73 Å². The van der Waals surface area contributed by atoms with Gasteiger partial charge in [-0.3, -0.25) is 14.4 Å². The number of allylic oxidation sites excluding steroid dienone is 1. The number of hydrogen-bond donors (Lipinski definition) is 1. The number of ether oxygens (including phenoxy) is 1. The van der Waals surface area contributed by atoms with Gasteiger partial charge in [0.15, 0.2) is 0 Å². The van der Waals surface area contributed by atoms with Crippen LogP contribution in [-0.2, 0) is 19.1 Å². The zero-order valence-corrected chi connectivity index (χ0v) is 18.2. The van der Waals surface area contributed by atoms with Gasteiger partial charge in [0, 0.05) is 25.2 Å². The van der Waals surface area contributed by atoms with E-state index in [9.17, 15) is 14.4 Å². The maximum atomic E-state index is 12.5. The van der Waals surface area contributed by atoms with Crippen molar-refractivity contribution in [3.8, 4) is 0 Å². The molecule has 8 atom stereocenters. The number of carbonyl (C=O) groups excluding carboxylic acids is 3. The highest BCUT2D eigenvalue weighted by Crippen LogP contribution is 2.67. The van der Waals surface area contributed by atoms with Gasteiger partial charge in [-0.25, -0.2) is 0 Å². The van der Waals surface area contributed by atoms with Gasteiger partial charge in [-0.1, -0.05) is 25.5 Å². The van der Waals surface area contributed by atoms with Crippen LogP contribution in [0.2, 0.25) is 0 Å². The number of esters is 1. The van der Waals surface area contributed by atoms with Crippen molar-refractivity contribution in [1.29, 1.82) is 0 Å². The van der Waals surface area contributed by atoms with Crippen molar-refractivity contribution in [3.05, 3.63) is 11.6 Å². The van der Waals surface area contributed by atoms with E-state index in [0.29, 0.717) is 17.8 Å². The number of primary amides is 1. The molecule has 29 heavy (non-hydrogen) atoms. The Bertz CT molecular complexity index is 773. The second-order valence-electron chi connectivity index (χ2n) is 10.6. The average Bonchev–Trinajstić information content (AvgIpc) is 2.95. The summed E-state index contributed by atoms with van der Waals surface area (Å²) in [5, 5.41) is 0. The van der Waals surface area contributed by atoms with Crippen LogP contribution >= 0.6 is 0 Å². The summed E-state index contributed by atoms with van der Waals surface area (Å²) in [6.45, 7) is 7.76. The molecule has 4 aliphatic rings. The first-order valence-electron chi connectivity index (χ1n) is 11.2. The molecule has 3 fully saturated rings. The molecule has 0 saturated heterocycles. The molecule has 1 amide bonds. The molecule has 0 spiro atoms. The fourth-order valence-electron chi connectivity index (χ4n) is 8.04. The highest BCUT2D eigenvalue weighted by atomic mass is 16.5. The summed E-state index contributed by atoms with van der Waals surface area (Å²) in [6, 6.07) is 0.